The van der Waals surface area contributed by atoms with Gasteiger partial charge in [0.1, 0.15) is 0 Å². The lowest BCUT2D eigenvalue weighted by atomic mass is 10.0. The molecule has 6 aromatic rings. The molecule has 0 amide bonds. The number of rotatable bonds is 0. The maximum Gasteiger partial charge on any atom is 0.0744 e. The normalized spacial score (nSPS) is 15.2. The first-order valence-corrected chi connectivity index (χ1v) is 11.1. The van der Waals surface area contributed by atoms with Crippen molar-refractivity contribution in [1.82, 2.24) is 19.9 Å². The zero-order valence-corrected chi connectivity index (χ0v) is 17.4. The average molecular weight is 405 g/mol. The highest BCUT2D eigenvalue weighted by Gasteiger charge is 2.23. The van der Waals surface area contributed by atoms with Gasteiger partial charge in [-0.05, 0) is 31.0 Å². The van der Waals surface area contributed by atoms with E-state index >= 15 is 0 Å². The summed E-state index contributed by atoms with van der Waals surface area (Å²) >= 11 is 0. The van der Waals surface area contributed by atoms with E-state index in [9.17, 15) is 0 Å². The molecule has 0 unspecified atom stereocenters. The van der Waals surface area contributed by atoms with Crippen molar-refractivity contribution in [2.75, 3.05) is 6.54 Å². The Morgan fingerprint density at radius 1 is 0.742 bits per heavy atom. The molecule has 0 spiro atoms. The molecule has 31 heavy (non-hydrogen) atoms. The van der Waals surface area contributed by atoms with E-state index in [0.29, 0.717) is 0 Å². The molecule has 0 saturated heterocycles. The Morgan fingerprint density at radius 3 is 2.45 bits per heavy atom. The van der Waals surface area contributed by atoms with Gasteiger partial charge in [-0.25, -0.2) is 0 Å². The molecule has 3 N–H and O–H groups in total. The lowest BCUT2D eigenvalue weighted by molar-refractivity contribution is 0.596. The van der Waals surface area contributed by atoms with Crippen LogP contribution in [0.2, 0.25) is 0 Å². The van der Waals surface area contributed by atoms with Gasteiger partial charge in [-0.3, -0.25) is 0 Å². The van der Waals surface area contributed by atoms with Gasteiger partial charge in [0.15, 0.2) is 0 Å². The summed E-state index contributed by atoms with van der Waals surface area (Å²) in [5.74, 6) is 0. The Kier molecular flexibility index (Phi) is 3.34. The zero-order valence-electron chi connectivity index (χ0n) is 17.4. The molecule has 4 heterocycles. The van der Waals surface area contributed by atoms with E-state index in [4.69, 9.17) is 0 Å². The first-order chi connectivity index (χ1) is 15.2. The van der Waals surface area contributed by atoms with Crippen LogP contribution in [0.15, 0.2) is 42.5 Å². The fraction of sp³-hybridized carbons (Fsp3) is 0.185. The Labute approximate surface area is 178 Å². The summed E-state index contributed by atoms with van der Waals surface area (Å²) < 4.78 is 2.57. The van der Waals surface area contributed by atoms with Crippen LogP contribution >= 0.6 is 0 Å². The molecule has 0 radical (unpaired) electrons. The third-order valence-electron chi connectivity index (χ3n) is 7.06. The minimum absolute atomic E-state index is 0.900. The molecule has 0 aliphatic carbocycles. The number of hydrogen-bond acceptors (Lipinski definition) is 1. The summed E-state index contributed by atoms with van der Waals surface area (Å²) in [7, 11) is 0. The second kappa shape index (κ2) is 6.02. The molecule has 0 fully saturated rings. The molecular formula is C27H24N4. The molecule has 3 aromatic carbocycles. The molecule has 152 valence electrons. The van der Waals surface area contributed by atoms with Gasteiger partial charge in [-0.2, -0.15) is 0 Å². The standard InChI is InChI=1S/C27H24N4/c1-15-21-22(16(2)29-15)24-19-10-7-8-17-14-28-12-5-6-13-31(26(17)19)27(24)25-23(21)18-9-3-4-11-20(18)30-25/h3-4,7-11,28-30H,1-2,5-6,12-14H2. The number of fused-ring (bicyclic) bond motifs is 10. The van der Waals surface area contributed by atoms with Crippen LogP contribution in [0.5, 0.6) is 0 Å². The Bertz CT molecular complexity index is 1780. The number of nitrogens with zero attached hydrogens (tertiary/aromatic N) is 1. The molecule has 0 bridgehead atoms. The van der Waals surface area contributed by atoms with Crippen LogP contribution in [0.25, 0.3) is 67.5 Å². The number of H-pyrrole nitrogens is 2. The van der Waals surface area contributed by atoms with Gasteiger partial charge in [0, 0.05) is 61.6 Å². The van der Waals surface area contributed by atoms with Gasteiger partial charge in [0.2, 0.25) is 0 Å². The van der Waals surface area contributed by atoms with E-state index in [1.165, 1.54) is 66.4 Å². The van der Waals surface area contributed by atoms with Crippen molar-refractivity contribution in [3.05, 3.63) is 58.7 Å². The third-order valence-corrected chi connectivity index (χ3v) is 7.06. The van der Waals surface area contributed by atoms with Crippen molar-refractivity contribution < 1.29 is 0 Å². The Balaban J connectivity index is 1.88. The summed E-state index contributed by atoms with van der Waals surface area (Å²) in [4.78, 5) is 7.24. The highest BCUT2D eigenvalue weighted by molar-refractivity contribution is 6.35. The maximum absolute atomic E-state index is 4.40. The summed E-state index contributed by atoms with van der Waals surface area (Å²) in [5, 5.41) is 13.0. The molecule has 0 atom stereocenters. The van der Waals surface area contributed by atoms with Crippen molar-refractivity contribution in [3.8, 4) is 0 Å². The highest BCUT2D eigenvalue weighted by atomic mass is 15.0. The second-order valence-electron chi connectivity index (χ2n) is 8.83. The van der Waals surface area contributed by atoms with E-state index in [1.807, 2.05) is 0 Å². The number of benzene rings is 3. The van der Waals surface area contributed by atoms with E-state index < -0.39 is 0 Å². The number of hydrogen-bond donors (Lipinski definition) is 3. The molecule has 0 saturated carbocycles. The van der Waals surface area contributed by atoms with Crippen LogP contribution in [0.4, 0.5) is 0 Å². The molecule has 4 heteroatoms. The first kappa shape index (κ1) is 17.2. The van der Waals surface area contributed by atoms with Crippen molar-refractivity contribution >= 4 is 67.5 Å². The monoisotopic (exact) mass is 404 g/mol. The molecule has 7 rings (SSSR count). The molecule has 1 aliphatic heterocycles. The van der Waals surface area contributed by atoms with E-state index in [-0.39, 0.29) is 0 Å². The van der Waals surface area contributed by atoms with Crippen molar-refractivity contribution in [3.63, 3.8) is 0 Å². The maximum atomic E-state index is 4.40. The van der Waals surface area contributed by atoms with E-state index in [1.54, 1.807) is 0 Å². The summed E-state index contributed by atoms with van der Waals surface area (Å²) in [6.07, 6.45) is 2.34. The van der Waals surface area contributed by atoms with Crippen LogP contribution in [0.1, 0.15) is 18.4 Å². The molecule has 1 aliphatic rings. The Hall–Kier alpha value is -3.50. The van der Waals surface area contributed by atoms with Gasteiger partial charge in [0.25, 0.3) is 0 Å². The average Bonchev–Trinajstić information content (AvgIpc) is 3.42. The molecular weight excluding hydrogens is 380 g/mol. The topological polar surface area (TPSA) is 48.5 Å². The Morgan fingerprint density at radius 2 is 1.55 bits per heavy atom. The van der Waals surface area contributed by atoms with E-state index in [0.717, 1.165) is 36.8 Å². The minimum atomic E-state index is 0.900. The summed E-state index contributed by atoms with van der Waals surface area (Å²) in [6.45, 7) is 11.7. The van der Waals surface area contributed by atoms with Gasteiger partial charge in [0.05, 0.1) is 16.6 Å². The third kappa shape index (κ3) is 2.13. The predicted molar refractivity (Wildman–Crippen MR) is 132 cm³/mol. The highest BCUT2D eigenvalue weighted by Crippen LogP contribution is 2.42. The fourth-order valence-electron chi connectivity index (χ4n) is 5.85. The molecule has 3 aromatic heterocycles. The van der Waals surface area contributed by atoms with Crippen molar-refractivity contribution in [1.29, 1.82) is 0 Å². The van der Waals surface area contributed by atoms with Gasteiger partial charge in [-0.15, -0.1) is 0 Å². The fourth-order valence-corrected chi connectivity index (χ4v) is 5.85. The van der Waals surface area contributed by atoms with Gasteiger partial charge < -0.3 is 19.9 Å². The molecule has 4 nitrogen and oxygen atoms in total. The summed E-state index contributed by atoms with van der Waals surface area (Å²) in [6, 6.07) is 15.3. The SMILES string of the molecule is C=c1[nH]c(=C)c2c1c1c3ccccc3[nH]c1c1c2c2cccc3c2n1CCCCNC3. The smallest absolute Gasteiger partial charge is 0.0744 e. The van der Waals surface area contributed by atoms with Crippen LogP contribution < -0.4 is 16.0 Å². The summed E-state index contributed by atoms with van der Waals surface area (Å²) in [5.41, 5.74) is 6.39. The lowest BCUT2D eigenvalue weighted by Gasteiger charge is -2.09. The van der Waals surface area contributed by atoms with Crippen LogP contribution in [0.3, 0.4) is 0 Å². The predicted octanol–water partition coefficient (Wildman–Crippen LogP) is 4.61. The number of aromatic amines is 2. The second-order valence-corrected chi connectivity index (χ2v) is 8.83. The lowest BCUT2D eigenvalue weighted by Crippen LogP contribution is -2.14. The largest absolute Gasteiger partial charge is 0.355 e. The number of aryl methyl sites for hydroxylation is 1. The zero-order chi connectivity index (χ0) is 20.7. The van der Waals surface area contributed by atoms with Crippen molar-refractivity contribution in [2.45, 2.75) is 25.9 Å². The van der Waals surface area contributed by atoms with Crippen LogP contribution in [-0.4, -0.2) is 21.1 Å². The van der Waals surface area contributed by atoms with Crippen LogP contribution in [0, 0.1) is 0 Å². The first-order valence-electron chi connectivity index (χ1n) is 11.1. The van der Waals surface area contributed by atoms with E-state index in [2.05, 4.69) is 75.5 Å². The van der Waals surface area contributed by atoms with Crippen LogP contribution in [-0.2, 0) is 13.1 Å². The number of para-hydroxylation sites is 2. The quantitative estimate of drug-likeness (QED) is 0.340. The number of aromatic nitrogens is 3. The number of nitrogens with one attached hydrogen (secondary N) is 3. The van der Waals surface area contributed by atoms with Crippen molar-refractivity contribution in [2.24, 2.45) is 0 Å². The minimum Gasteiger partial charge on any atom is -0.355 e. The van der Waals surface area contributed by atoms with Gasteiger partial charge in [-0.1, -0.05) is 49.6 Å². The van der Waals surface area contributed by atoms with Gasteiger partial charge >= 0.3 is 0 Å².